The van der Waals surface area contributed by atoms with E-state index in [1.807, 2.05) is 49.9 Å². The monoisotopic (exact) mass is 541 g/mol. The quantitative estimate of drug-likeness (QED) is 0.471. The predicted octanol–water partition coefficient (Wildman–Crippen LogP) is 4.99. The van der Waals surface area contributed by atoms with Gasteiger partial charge in [0.15, 0.2) is 0 Å². The number of amides is 1. The van der Waals surface area contributed by atoms with Crippen molar-refractivity contribution in [3.8, 4) is 0 Å². The van der Waals surface area contributed by atoms with Gasteiger partial charge in [-0.25, -0.2) is 17.5 Å². The van der Waals surface area contributed by atoms with Gasteiger partial charge < -0.3 is 14.5 Å². The average molecular weight is 542 g/mol. The zero-order chi connectivity index (χ0) is 27.6. The highest BCUT2D eigenvalue weighted by Crippen LogP contribution is 2.35. The van der Waals surface area contributed by atoms with E-state index in [0.29, 0.717) is 17.4 Å². The van der Waals surface area contributed by atoms with Crippen LogP contribution in [-0.2, 0) is 20.2 Å². The lowest BCUT2D eigenvalue weighted by Gasteiger charge is -2.40. The Balaban J connectivity index is 1.43. The Morgan fingerprint density at radius 1 is 0.974 bits per heavy atom. The summed E-state index contributed by atoms with van der Waals surface area (Å²) in [4.78, 5) is 17.5. The van der Waals surface area contributed by atoms with E-state index in [0.717, 1.165) is 51.0 Å². The fourth-order valence-electron chi connectivity index (χ4n) is 5.92. The van der Waals surface area contributed by atoms with Crippen molar-refractivity contribution in [1.82, 2.24) is 14.1 Å². The first-order valence-electron chi connectivity index (χ1n) is 13.7. The molecule has 8 heteroatoms. The van der Waals surface area contributed by atoms with Crippen LogP contribution in [0.2, 0.25) is 0 Å². The summed E-state index contributed by atoms with van der Waals surface area (Å²) < 4.78 is 33.8. The van der Waals surface area contributed by atoms with Gasteiger partial charge in [-0.3, -0.25) is 0 Å². The van der Waals surface area contributed by atoms with Gasteiger partial charge in [-0.1, -0.05) is 55.5 Å². The Hall–Kier alpha value is -2.42. The third-order valence-electron chi connectivity index (χ3n) is 8.02. The van der Waals surface area contributed by atoms with Crippen LogP contribution in [0.5, 0.6) is 0 Å². The third-order valence-corrected chi connectivity index (χ3v) is 9.84. The number of carbonyl (C=O) groups excluding carboxylic acids is 1. The van der Waals surface area contributed by atoms with Crippen LogP contribution in [0.3, 0.4) is 0 Å². The van der Waals surface area contributed by atoms with Crippen molar-refractivity contribution in [3.05, 3.63) is 66.2 Å². The minimum atomic E-state index is -3.59. The molecule has 0 saturated carbocycles. The minimum absolute atomic E-state index is 0.197. The van der Waals surface area contributed by atoms with E-state index in [-0.39, 0.29) is 17.6 Å². The van der Waals surface area contributed by atoms with E-state index in [1.54, 1.807) is 31.3 Å². The van der Waals surface area contributed by atoms with E-state index in [4.69, 9.17) is 4.74 Å². The SMILES string of the molecule is CN(C[C@@](C)(CCN1CCC2[C@H](CCN2C(=O)OC(C)(C)C)C1)c1ccccc1)S(=O)(=O)c1ccccc1. The lowest BCUT2D eigenvalue weighted by molar-refractivity contribution is 0.0140. The number of carbonyl (C=O) groups is 1. The molecule has 2 fully saturated rings. The largest absolute Gasteiger partial charge is 0.444 e. The topological polar surface area (TPSA) is 70.2 Å². The Morgan fingerprint density at radius 2 is 1.61 bits per heavy atom. The van der Waals surface area contributed by atoms with E-state index < -0.39 is 15.6 Å². The lowest BCUT2D eigenvalue weighted by Crippen LogP contribution is -2.49. The molecular weight excluding hydrogens is 498 g/mol. The molecule has 0 aromatic heterocycles. The van der Waals surface area contributed by atoms with Crippen LogP contribution >= 0.6 is 0 Å². The maximum atomic E-state index is 13.3. The number of fused-ring (bicyclic) bond motifs is 1. The molecule has 38 heavy (non-hydrogen) atoms. The standard InChI is InChI=1S/C30H43N3O4S/c1-29(2,3)37-28(34)33-20-16-24-22-32(19-17-27(24)33)21-18-30(4,25-12-8-6-9-13-25)23-31(5)38(35,36)26-14-10-7-11-15-26/h6-15,24,27H,16-23H2,1-5H3/t24-,27?,30-/m1/s1. The number of likely N-dealkylation sites (tertiary alicyclic amines) is 2. The van der Waals surface area contributed by atoms with Crippen LogP contribution in [0.15, 0.2) is 65.6 Å². The second-order valence-corrected chi connectivity index (χ2v) is 14.2. The summed E-state index contributed by atoms with van der Waals surface area (Å²) in [6.45, 7) is 11.8. The summed E-state index contributed by atoms with van der Waals surface area (Å²) in [5, 5.41) is 0. The summed E-state index contributed by atoms with van der Waals surface area (Å²) in [6, 6.07) is 19.1. The van der Waals surface area contributed by atoms with Gasteiger partial charge in [0, 0.05) is 44.7 Å². The van der Waals surface area contributed by atoms with Crippen molar-refractivity contribution in [2.24, 2.45) is 5.92 Å². The number of rotatable bonds is 8. The molecule has 1 unspecified atom stereocenters. The highest BCUT2D eigenvalue weighted by Gasteiger charge is 2.42. The molecule has 3 atom stereocenters. The van der Waals surface area contributed by atoms with Crippen molar-refractivity contribution >= 4 is 16.1 Å². The number of piperidine rings is 1. The molecule has 2 aliphatic rings. The van der Waals surface area contributed by atoms with Gasteiger partial charge in [-0.15, -0.1) is 0 Å². The van der Waals surface area contributed by atoms with Crippen LogP contribution in [0.1, 0.15) is 52.5 Å². The number of sulfonamides is 1. The van der Waals surface area contributed by atoms with Gasteiger partial charge in [-0.2, -0.15) is 0 Å². The number of nitrogens with zero attached hydrogens (tertiary/aromatic N) is 3. The van der Waals surface area contributed by atoms with Crippen molar-refractivity contribution < 1.29 is 17.9 Å². The van der Waals surface area contributed by atoms with Crippen LogP contribution in [-0.4, -0.2) is 80.0 Å². The van der Waals surface area contributed by atoms with Gasteiger partial charge in [0.1, 0.15) is 5.60 Å². The molecule has 4 rings (SSSR count). The molecule has 2 aliphatic heterocycles. The first-order valence-corrected chi connectivity index (χ1v) is 15.1. The number of likely N-dealkylation sites (N-methyl/N-ethyl adjacent to an activating group) is 1. The molecule has 2 heterocycles. The molecular formula is C30H43N3O4S. The summed E-state index contributed by atoms with van der Waals surface area (Å²) in [6.07, 6.45) is 2.57. The molecule has 0 N–H and O–H groups in total. The summed E-state index contributed by atoms with van der Waals surface area (Å²) in [5.74, 6) is 0.445. The fraction of sp³-hybridized carbons (Fsp3) is 0.567. The number of benzene rings is 2. The number of hydrogen-bond acceptors (Lipinski definition) is 5. The zero-order valence-electron chi connectivity index (χ0n) is 23.5. The Labute approximate surface area is 228 Å². The molecule has 2 aromatic carbocycles. The molecule has 2 saturated heterocycles. The molecule has 7 nitrogen and oxygen atoms in total. The Kier molecular flexibility index (Phi) is 8.55. The van der Waals surface area contributed by atoms with Gasteiger partial charge in [0.25, 0.3) is 0 Å². The van der Waals surface area contributed by atoms with Crippen molar-refractivity contribution in [2.75, 3.05) is 39.8 Å². The van der Waals surface area contributed by atoms with E-state index in [1.165, 1.54) is 4.31 Å². The van der Waals surface area contributed by atoms with Gasteiger partial charge in [-0.05, 0) is 70.2 Å². The molecule has 0 bridgehead atoms. The molecule has 0 spiro atoms. The maximum absolute atomic E-state index is 13.3. The number of hydrogen-bond donors (Lipinski definition) is 0. The molecule has 208 valence electrons. The molecule has 0 radical (unpaired) electrons. The van der Waals surface area contributed by atoms with Crippen LogP contribution in [0.25, 0.3) is 0 Å². The Morgan fingerprint density at radius 3 is 2.24 bits per heavy atom. The average Bonchev–Trinajstić information content (AvgIpc) is 3.31. The predicted molar refractivity (Wildman–Crippen MR) is 151 cm³/mol. The lowest BCUT2D eigenvalue weighted by atomic mass is 9.79. The summed E-state index contributed by atoms with van der Waals surface area (Å²) in [5.41, 5.74) is 0.299. The molecule has 2 aromatic rings. The normalized spacial score (nSPS) is 22.2. The van der Waals surface area contributed by atoms with Crippen molar-refractivity contribution in [2.45, 2.75) is 68.9 Å². The summed E-state index contributed by atoms with van der Waals surface area (Å²) >= 11 is 0. The van der Waals surface area contributed by atoms with E-state index >= 15 is 0 Å². The Bertz CT molecular complexity index is 1180. The van der Waals surface area contributed by atoms with Crippen molar-refractivity contribution in [3.63, 3.8) is 0 Å². The van der Waals surface area contributed by atoms with Crippen LogP contribution < -0.4 is 0 Å². The van der Waals surface area contributed by atoms with Gasteiger partial charge in [0.05, 0.1) is 4.90 Å². The second kappa shape index (κ2) is 11.4. The summed E-state index contributed by atoms with van der Waals surface area (Å²) in [7, 11) is -1.91. The zero-order valence-corrected chi connectivity index (χ0v) is 24.3. The van der Waals surface area contributed by atoms with E-state index in [9.17, 15) is 13.2 Å². The smallest absolute Gasteiger partial charge is 0.410 e. The third kappa shape index (κ3) is 6.58. The maximum Gasteiger partial charge on any atom is 0.410 e. The number of ether oxygens (including phenoxy) is 1. The molecule has 1 amide bonds. The highest BCUT2D eigenvalue weighted by atomic mass is 32.2. The second-order valence-electron chi connectivity index (χ2n) is 12.1. The van der Waals surface area contributed by atoms with Gasteiger partial charge >= 0.3 is 6.09 Å². The highest BCUT2D eigenvalue weighted by molar-refractivity contribution is 7.89. The minimum Gasteiger partial charge on any atom is -0.444 e. The van der Waals surface area contributed by atoms with E-state index in [2.05, 4.69) is 24.0 Å². The van der Waals surface area contributed by atoms with Gasteiger partial charge in [0.2, 0.25) is 10.0 Å². The van der Waals surface area contributed by atoms with Crippen molar-refractivity contribution in [1.29, 1.82) is 0 Å². The van der Waals surface area contributed by atoms with Crippen LogP contribution in [0.4, 0.5) is 4.79 Å². The van der Waals surface area contributed by atoms with Crippen LogP contribution in [0, 0.1) is 5.92 Å². The fourth-order valence-corrected chi connectivity index (χ4v) is 7.23. The molecule has 0 aliphatic carbocycles. The first kappa shape index (κ1) is 28.6. The first-order chi connectivity index (χ1) is 17.9.